The number of nitrogens with zero attached hydrogens (tertiary/aromatic N) is 1. The highest BCUT2D eigenvalue weighted by atomic mass is 16.1. The fourth-order valence-corrected chi connectivity index (χ4v) is 2.33. The monoisotopic (exact) mass is 277 g/mol. The van der Waals surface area contributed by atoms with Crippen molar-refractivity contribution in [1.29, 1.82) is 0 Å². The molecule has 4 heteroatoms. The van der Waals surface area contributed by atoms with E-state index in [2.05, 4.69) is 42.3 Å². The van der Waals surface area contributed by atoms with Crippen LogP contribution in [0.1, 0.15) is 31.4 Å². The second kappa shape index (κ2) is 7.29. The van der Waals surface area contributed by atoms with E-state index in [-0.39, 0.29) is 18.0 Å². The maximum Gasteiger partial charge on any atom is 0.234 e. The van der Waals surface area contributed by atoms with Crippen molar-refractivity contribution in [1.82, 2.24) is 5.32 Å². The van der Waals surface area contributed by atoms with Gasteiger partial charge in [-0.15, -0.1) is 0 Å². The van der Waals surface area contributed by atoms with Gasteiger partial charge in [0.2, 0.25) is 5.91 Å². The zero-order valence-electron chi connectivity index (χ0n) is 13.2. The Hall–Kier alpha value is -1.55. The van der Waals surface area contributed by atoms with Gasteiger partial charge in [0.1, 0.15) is 0 Å². The first-order chi connectivity index (χ1) is 9.29. The highest BCUT2D eigenvalue weighted by molar-refractivity contribution is 5.79. The van der Waals surface area contributed by atoms with Crippen LogP contribution in [0.25, 0.3) is 0 Å². The number of hydrogen-bond acceptors (Lipinski definition) is 3. The molecule has 0 heterocycles. The fourth-order valence-electron chi connectivity index (χ4n) is 2.33. The van der Waals surface area contributed by atoms with Gasteiger partial charge in [-0.3, -0.25) is 4.79 Å². The SMILES string of the molecule is Cc1cc(C)cc(N(C)CCC(NC(C)C)C(N)=O)c1. The number of primary amides is 1. The maximum absolute atomic E-state index is 11.4. The van der Waals surface area contributed by atoms with Gasteiger partial charge < -0.3 is 16.0 Å². The Morgan fingerprint density at radius 3 is 2.25 bits per heavy atom. The zero-order valence-corrected chi connectivity index (χ0v) is 13.2. The molecule has 1 amide bonds. The van der Waals surface area contributed by atoms with Gasteiger partial charge in [0.15, 0.2) is 0 Å². The number of hydrogen-bond donors (Lipinski definition) is 2. The summed E-state index contributed by atoms with van der Waals surface area (Å²) in [5.74, 6) is -0.285. The summed E-state index contributed by atoms with van der Waals surface area (Å²) in [6, 6.07) is 6.44. The Labute approximate surface area is 122 Å². The van der Waals surface area contributed by atoms with Crippen LogP contribution in [0.15, 0.2) is 18.2 Å². The summed E-state index contributed by atoms with van der Waals surface area (Å²) in [4.78, 5) is 13.6. The van der Waals surface area contributed by atoms with Crippen LogP contribution in [0.4, 0.5) is 5.69 Å². The Morgan fingerprint density at radius 1 is 1.25 bits per heavy atom. The Kier molecular flexibility index (Phi) is 6.02. The second-order valence-corrected chi connectivity index (χ2v) is 5.83. The molecule has 0 aliphatic heterocycles. The van der Waals surface area contributed by atoms with E-state index in [0.717, 1.165) is 6.54 Å². The molecule has 0 saturated carbocycles. The lowest BCUT2D eigenvalue weighted by Crippen LogP contribution is -2.46. The summed E-state index contributed by atoms with van der Waals surface area (Å²) in [6.07, 6.45) is 0.705. The smallest absolute Gasteiger partial charge is 0.234 e. The molecule has 1 atom stereocenters. The van der Waals surface area contributed by atoms with E-state index in [1.807, 2.05) is 20.9 Å². The van der Waals surface area contributed by atoms with Gasteiger partial charge in [-0.05, 0) is 43.5 Å². The van der Waals surface area contributed by atoms with Gasteiger partial charge >= 0.3 is 0 Å². The number of rotatable bonds is 7. The lowest BCUT2D eigenvalue weighted by Gasteiger charge is -2.24. The van der Waals surface area contributed by atoms with Crippen molar-refractivity contribution in [3.63, 3.8) is 0 Å². The van der Waals surface area contributed by atoms with Gasteiger partial charge in [0.25, 0.3) is 0 Å². The summed E-state index contributed by atoms with van der Waals surface area (Å²) >= 11 is 0. The van der Waals surface area contributed by atoms with E-state index in [1.54, 1.807) is 0 Å². The summed E-state index contributed by atoms with van der Waals surface area (Å²) in [7, 11) is 2.04. The first-order valence-electron chi connectivity index (χ1n) is 7.14. The number of benzene rings is 1. The Balaban J connectivity index is 2.65. The molecule has 3 N–H and O–H groups in total. The van der Waals surface area contributed by atoms with Crippen LogP contribution in [0.2, 0.25) is 0 Å². The molecule has 0 bridgehead atoms. The highest BCUT2D eigenvalue weighted by Crippen LogP contribution is 2.17. The fraction of sp³-hybridized carbons (Fsp3) is 0.562. The topological polar surface area (TPSA) is 58.4 Å². The second-order valence-electron chi connectivity index (χ2n) is 5.83. The van der Waals surface area contributed by atoms with Gasteiger partial charge in [-0.2, -0.15) is 0 Å². The molecule has 0 saturated heterocycles. The Bertz CT molecular complexity index is 437. The van der Waals surface area contributed by atoms with E-state index in [9.17, 15) is 4.79 Å². The van der Waals surface area contributed by atoms with Gasteiger partial charge in [0.05, 0.1) is 6.04 Å². The molecular formula is C16H27N3O. The van der Waals surface area contributed by atoms with Gasteiger partial charge in [0, 0.05) is 25.3 Å². The minimum atomic E-state index is -0.285. The van der Waals surface area contributed by atoms with E-state index >= 15 is 0 Å². The van der Waals surface area contributed by atoms with Crippen molar-refractivity contribution >= 4 is 11.6 Å². The number of carbonyl (C=O) groups excluding carboxylic acids is 1. The molecule has 0 fully saturated rings. The molecular weight excluding hydrogens is 250 g/mol. The lowest BCUT2D eigenvalue weighted by atomic mass is 10.1. The van der Waals surface area contributed by atoms with E-state index in [4.69, 9.17) is 5.73 Å². The van der Waals surface area contributed by atoms with Crippen LogP contribution in [0.5, 0.6) is 0 Å². The van der Waals surface area contributed by atoms with Crippen molar-refractivity contribution in [2.24, 2.45) is 5.73 Å². The van der Waals surface area contributed by atoms with Crippen LogP contribution in [0.3, 0.4) is 0 Å². The number of anilines is 1. The largest absolute Gasteiger partial charge is 0.375 e. The predicted octanol–water partition coefficient (Wildman–Crippen LogP) is 1.98. The molecule has 0 radical (unpaired) electrons. The third-order valence-corrected chi connectivity index (χ3v) is 3.28. The maximum atomic E-state index is 11.4. The minimum absolute atomic E-state index is 0.249. The predicted molar refractivity (Wildman–Crippen MR) is 85.1 cm³/mol. The molecule has 20 heavy (non-hydrogen) atoms. The molecule has 0 spiro atoms. The number of aryl methyl sites for hydroxylation is 2. The van der Waals surface area contributed by atoms with Crippen molar-refractivity contribution in [3.05, 3.63) is 29.3 Å². The third-order valence-electron chi connectivity index (χ3n) is 3.28. The zero-order chi connectivity index (χ0) is 15.3. The van der Waals surface area contributed by atoms with Gasteiger partial charge in [-0.1, -0.05) is 19.9 Å². The Morgan fingerprint density at radius 2 is 1.80 bits per heavy atom. The summed E-state index contributed by atoms with van der Waals surface area (Å²) in [5, 5.41) is 3.21. The van der Waals surface area contributed by atoms with E-state index in [1.165, 1.54) is 16.8 Å². The molecule has 0 aliphatic carbocycles. The summed E-state index contributed by atoms with van der Waals surface area (Å²) < 4.78 is 0. The van der Waals surface area contributed by atoms with E-state index in [0.29, 0.717) is 6.42 Å². The van der Waals surface area contributed by atoms with Crippen LogP contribution >= 0.6 is 0 Å². The molecule has 1 unspecified atom stereocenters. The van der Waals surface area contributed by atoms with Crippen LogP contribution < -0.4 is 16.0 Å². The molecule has 112 valence electrons. The first-order valence-corrected chi connectivity index (χ1v) is 7.14. The van der Waals surface area contributed by atoms with Crippen molar-refractivity contribution < 1.29 is 4.79 Å². The molecule has 0 aromatic heterocycles. The van der Waals surface area contributed by atoms with Crippen molar-refractivity contribution in [2.75, 3.05) is 18.5 Å². The molecule has 0 aliphatic rings. The standard InChI is InChI=1S/C16H27N3O/c1-11(2)18-15(16(17)20)6-7-19(5)14-9-12(3)8-13(4)10-14/h8-11,15,18H,6-7H2,1-5H3,(H2,17,20). The minimum Gasteiger partial charge on any atom is -0.375 e. The van der Waals surface area contributed by atoms with Gasteiger partial charge in [-0.25, -0.2) is 0 Å². The van der Waals surface area contributed by atoms with Crippen LogP contribution in [0, 0.1) is 13.8 Å². The third kappa shape index (κ3) is 5.21. The summed E-state index contributed by atoms with van der Waals surface area (Å²) in [6.45, 7) is 9.01. The quantitative estimate of drug-likeness (QED) is 0.801. The number of nitrogens with one attached hydrogen (secondary N) is 1. The normalized spacial score (nSPS) is 12.5. The lowest BCUT2D eigenvalue weighted by molar-refractivity contribution is -0.120. The van der Waals surface area contributed by atoms with Crippen molar-refractivity contribution in [2.45, 2.75) is 46.2 Å². The average Bonchev–Trinajstić information content (AvgIpc) is 2.32. The van der Waals surface area contributed by atoms with Crippen LogP contribution in [-0.2, 0) is 4.79 Å². The molecule has 1 aromatic rings. The molecule has 4 nitrogen and oxygen atoms in total. The average molecular weight is 277 g/mol. The number of carbonyl (C=O) groups is 1. The van der Waals surface area contributed by atoms with Crippen LogP contribution in [-0.4, -0.2) is 31.6 Å². The van der Waals surface area contributed by atoms with E-state index < -0.39 is 0 Å². The molecule has 1 rings (SSSR count). The number of nitrogens with two attached hydrogens (primary N) is 1. The highest BCUT2D eigenvalue weighted by Gasteiger charge is 2.16. The van der Waals surface area contributed by atoms with Crippen molar-refractivity contribution in [3.8, 4) is 0 Å². The first kappa shape index (κ1) is 16.5. The number of amides is 1. The summed E-state index contributed by atoms with van der Waals surface area (Å²) in [5.41, 5.74) is 9.11. The molecule has 1 aromatic carbocycles.